The van der Waals surface area contributed by atoms with Crippen molar-refractivity contribution in [2.45, 2.75) is 33.7 Å². The standard InChI is InChI=1S/C17H22N4O2S/c1-10-7-15(19-18-10)17(23)20-5-6-21(11(2)8-20)16(22)14-9-24-13(4)12(14)3/h7,9,11H,5-6,8H2,1-4H3,(H,18,19)/t11-/m1/s1. The molecule has 1 aliphatic rings. The number of H-pyrrole nitrogens is 1. The highest BCUT2D eigenvalue weighted by molar-refractivity contribution is 7.10. The van der Waals surface area contributed by atoms with E-state index in [9.17, 15) is 9.59 Å². The second-order valence-corrected chi connectivity index (χ2v) is 7.45. The topological polar surface area (TPSA) is 69.3 Å². The van der Waals surface area contributed by atoms with E-state index in [-0.39, 0.29) is 17.9 Å². The minimum Gasteiger partial charge on any atom is -0.333 e. The van der Waals surface area contributed by atoms with Crippen LogP contribution in [0.5, 0.6) is 0 Å². The molecule has 1 saturated heterocycles. The molecular formula is C17H22N4O2S. The monoisotopic (exact) mass is 346 g/mol. The number of aromatic amines is 1. The number of thiophene rings is 1. The molecule has 128 valence electrons. The molecule has 3 rings (SSSR count). The minimum atomic E-state index is -0.0825. The fourth-order valence-electron chi connectivity index (χ4n) is 3.01. The van der Waals surface area contributed by atoms with E-state index in [0.717, 1.165) is 16.8 Å². The third-order valence-electron chi connectivity index (χ3n) is 4.62. The Labute approximate surface area is 145 Å². The van der Waals surface area contributed by atoms with Crippen LogP contribution in [0.15, 0.2) is 11.4 Å². The SMILES string of the molecule is Cc1cc(C(=O)N2CCN(C(=O)c3csc(C)c3C)[C@H](C)C2)n[nH]1. The lowest BCUT2D eigenvalue weighted by atomic mass is 10.1. The first-order valence-electron chi connectivity index (χ1n) is 8.05. The maximum Gasteiger partial charge on any atom is 0.274 e. The van der Waals surface area contributed by atoms with Gasteiger partial charge in [0.25, 0.3) is 11.8 Å². The van der Waals surface area contributed by atoms with Crippen LogP contribution in [0.4, 0.5) is 0 Å². The Morgan fingerprint density at radius 2 is 2.00 bits per heavy atom. The molecule has 24 heavy (non-hydrogen) atoms. The summed E-state index contributed by atoms with van der Waals surface area (Å²) in [6, 6.07) is 1.73. The molecule has 0 bridgehead atoms. The van der Waals surface area contributed by atoms with E-state index >= 15 is 0 Å². The molecule has 1 N–H and O–H groups in total. The Balaban J connectivity index is 1.70. The average Bonchev–Trinajstić information content (AvgIpc) is 3.13. The smallest absolute Gasteiger partial charge is 0.274 e. The van der Waals surface area contributed by atoms with Crippen molar-refractivity contribution < 1.29 is 9.59 Å². The number of hydrogen-bond acceptors (Lipinski definition) is 4. The molecule has 1 aliphatic heterocycles. The maximum atomic E-state index is 12.8. The fraction of sp³-hybridized carbons (Fsp3) is 0.471. The summed E-state index contributed by atoms with van der Waals surface area (Å²) in [5, 5.41) is 8.77. The van der Waals surface area contributed by atoms with Crippen LogP contribution in [0, 0.1) is 20.8 Å². The van der Waals surface area contributed by atoms with Gasteiger partial charge < -0.3 is 9.80 Å². The number of aryl methyl sites for hydroxylation is 2. The van der Waals surface area contributed by atoms with E-state index in [2.05, 4.69) is 10.2 Å². The Bertz CT molecular complexity index is 779. The largest absolute Gasteiger partial charge is 0.333 e. The lowest BCUT2D eigenvalue weighted by Crippen LogP contribution is -2.55. The van der Waals surface area contributed by atoms with E-state index in [1.165, 1.54) is 4.88 Å². The van der Waals surface area contributed by atoms with Crippen molar-refractivity contribution in [2.75, 3.05) is 19.6 Å². The molecule has 3 heterocycles. The van der Waals surface area contributed by atoms with Gasteiger partial charge in [0.1, 0.15) is 5.69 Å². The van der Waals surface area contributed by atoms with Crippen LogP contribution in [0.3, 0.4) is 0 Å². The van der Waals surface area contributed by atoms with Crippen molar-refractivity contribution in [1.82, 2.24) is 20.0 Å². The van der Waals surface area contributed by atoms with Crippen molar-refractivity contribution >= 4 is 23.2 Å². The van der Waals surface area contributed by atoms with Gasteiger partial charge in [-0.2, -0.15) is 5.10 Å². The van der Waals surface area contributed by atoms with Crippen LogP contribution < -0.4 is 0 Å². The number of rotatable bonds is 2. The second kappa shape index (κ2) is 6.39. The summed E-state index contributed by atoms with van der Waals surface area (Å²) in [6.07, 6.45) is 0. The number of hydrogen-bond donors (Lipinski definition) is 1. The van der Waals surface area contributed by atoms with Crippen LogP contribution >= 0.6 is 11.3 Å². The number of aromatic nitrogens is 2. The van der Waals surface area contributed by atoms with Crippen LogP contribution in [0.2, 0.25) is 0 Å². The highest BCUT2D eigenvalue weighted by Crippen LogP contribution is 2.24. The van der Waals surface area contributed by atoms with Crippen molar-refractivity contribution in [3.8, 4) is 0 Å². The van der Waals surface area contributed by atoms with E-state index in [4.69, 9.17) is 0 Å². The summed E-state index contributed by atoms with van der Waals surface area (Å²) < 4.78 is 0. The normalized spacial score (nSPS) is 18.1. The van der Waals surface area contributed by atoms with Crippen LogP contribution in [-0.2, 0) is 0 Å². The van der Waals surface area contributed by atoms with E-state index in [1.54, 1.807) is 22.3 Å². The molecule has 0 aromatic carbocycles. The van der Waals surface area contributed by atoms with Crippen LogP contribution in [-0.4, -0.2) is 57.5 Å². The predicted molar refractivity (Wildman–Crippen MR) is 93.5 cm³/mol. The molecule has 0 saturated carbocycles. The summed E-state index contributed by atoms with van der Waals surface area (Å²) >= 11 is 1.61. The number of piperazine rings is 1. The summed E-state index contributed by atoms with van der Waals surface area (Å²) in [4.78, 5) is 30.1. The van der Waals surface area contributed by atoms with E-state index in [1.807, 2.05) is 38.0 Å². The first-order valence-corrected chi connectivity index (χ1v) is 8.93. The minimum absolute atomic E-state index is 0.0187. The van der Waals surface area contributed by atoms with Gasteiger partial charge in [0.2, 0.25) is 0 Å². The Hall–Kier alpha value is -2.15. The average molecular weight is 346 g/mol. The molecule has 2 amide bonds. The zero-order valence-electron chi connectivity index (χ0n) is 14.4. The summed E-state index contributed by atoms with van der Waals surface area (Å²) in [7, 11) is 0. The van der Waals surface area contributed by atoms with Gasteiger partial charge in [0, 0.05) is 41.6 Å². The molecule has 7 heteroatoms. The highest BCUT2D eigenvalue weighted by Gasteiger charge is 2.32. The first kappa shape index (κ1) is 16.7. The lowest BCUT2D eigenvalue weighted by Gasteiger charge is -2.39. The Morgan fingerprint density at radius 1 is 1.25 bits per heavy atom. The molecular weight excluding hydrogens is 324 g/mol. The molecule has 0 aliphatic carbocycles. The summed E-state index contributed by atoms with van der Waals surface area (Å²) in [5.41, 5.74) is 3.14. The van der Waals surface area contributed by atoms with Gasteiger partial charge in [-0.05, 0) is 39.3 Å². The maximum absolute atomic E-state index is 12.8. The molecule has 0 radical (unpaired) electrons. The van der Waals surface area contributed by atoms with Crippen LogP contribution in [0.1, 0.15) is 43.9 Å². The molecule has 1 fully saturated rings. The van der Waals surface area contributed by atoms with Gasteiger partial charge in [-0.1, -0.05) is 0 Å². The summed E-state index contributed by atoms with van der Waals surface area (Å²) in [6.45, 7) is 9.48. The van der Waals surface area contributed by atoms with Crippen LogP contribution in [0.25, 0.3) is 0 Å². The predicted octanol–water partition coefficient (Wildman–Crippen LogP) is 2.38. The number of carbonyl (C=O) groups is 2. The molecule has 2 aromatic rings. The van der Waals surface area contributed by atoms with Gasteiger partial charge in [-0.15, -0.1) is 11.3 Å². The lowest BCUT2D eigenvalue weighted by molar-refractivity contribution is 0.0411. The summed E-state index contributed by atoms with van der Waals surface area (Å²) in [5.74, 6) is -0.0204. The molecule has 1 atom stereocenters. The van der Waals surface area contributed by atoms with Gasteiger partial charge >= 0.3 is 0 Å². The van der Waals surface area contributed by atoms with E-state index < -0.39 is 0 Å². The molecule has 6 nitrogen and oxygen atoms in total. The van der Waals surface area contributed by atoms with Gasteiger partial charge in [0.05, 0.1) is 5.56 Å². The molecule has 0 spiro atoms. The zero-order chi connectivity index (χ0) is 17.4. The second-order valence-electron chi connectivity index (χ2n) is 6.37. The third kappa shape index (κ3) is 2.96. The van der Waals surface area contributed by atoms with Gasteiger partial charge in [-0.3, -0.25) is 14.7 Å². The number of nitrogens with one attached hydrogen (secondary N) is 1. The van der Waals surface area contributed by atoms with Crippen molar-refractivity contribution in [3.63, 3.8) is 0 Å². The first-order chi connectivity index (χ1) is 11.4. The number of carbonyl (C=O) groups excluding carboxylic acids is 2. The quantitative estimate of drug-likeness (QED) is 0.908. The van der Waals surface area contributed by atoms with Gasteiger partial charge in [0.15, 0.2) is 0 Å². The Morgan fingerprint density at radius 3 is 2.54 bits per heavy atom. The zero-order valence-corrected chi connectivity index (χ0v) is 15.2. The van der Waals surface area contributed by atoms with E-state index in [0.29, 0.717) is 25.3 Å². The molecule has 0 unspecified atom stereocenters. The Kier molecular flexibility index (Phi) is 4.45. The number of amides is 2. The highest BCUT2D eigenvalue weighted by atomic mass is 32.1. The third-order valence-corrected chi connectivity index (χ3v) is 5.63. The van der Waals surface area contributed by atoms with Gasteiger partial charge in [-0.25, -0.2) is 0 Å². The van der Waals surface area contributed by atoms with Crippen molar-refractivity contribution in [3.05, 3.63) is 38.8 Å². The number of nitrogens with zero attached hydrogens (tertiary/aromatic N) is 3. The van der Waals surface area contributed by atoms with Crippen molar-refractivity contribution in [1.29, 1.82) is 0 Å². The fourth-order valence-corrected chi connectivity index (χ4v) is 3.87. The van der Waals surface area contributed by atoms with Crippen molar-refractivity contribution in [2.24, 2.45) is 0 Å². The molecule has 2 aromatic heterocycles.